The molecule has 0 heterocycles. The Kier molecular flexibility index (Phi) is 5.94. The molecule has 1 atom stereocenters. The molecule has 0 saturated heterocycles. The van der Waals surface area contributed by atoms with Gasteiger partial charge in [0.05, 0.1) is 0 Å². The summed E-state index contributed by atoms with van der Waals surface area (Å²) in [6.07, 6.45) is 6.78. The van der Waals surface area contributed by atoms with Gasteiger partial charge in [0.15, 0.2) is 0 Å². The van der Waals surface area contributed by atoms with Gasteiger partial charge in [0, 0.05) is 6.92 Å². The lowest BCUT2D eigenvalue weighted by molar-refractivity contribution is -0.143. The van der Waals surface area contributed by atoms with Gasteiger partial charge in [-0.05, 0) is 25.8 Å². The predicted molar refractivity (Wildman–Crippen MR) is 54.4 cm³/mol. The normalized spacial score (nSPS) is 14.6. The summed E-state index contributed by atoms with van der Waals surface area (Å²) in [6, 6.07) is 0. The number of ether oxygens (including phenoxy) is 1. The number of carbonyl (C=O) groups excluding carboxylic acids is 1. The van der Waals surface area contributed by atoms with Crippen LogP contribution < -0.4 is 0 Å². The van der Waals surface area contributed by atoms with E-state index in [2.05, 4.69) is 13.0 Å². The van der Waals surface area contributed by atoms with E-state index in [4.69, 9.17) is 4.74 Å². The molecule has 13 heavy (non-hydrogen) atoms. The minimum absolute atomic E-state index is 0.145. The van der Waals surface area contributed by atoms with Crippen molar-refractivity contribution in [1.29, 1.82) is 0 Å². The van der Waals surface area contributed by atoms with E-state index in [1.54, 1.807) is 0 Å². The molecule has 0 radical (unpaired) electrons. The first-order chi connectivity index (χ1) is 6.11. The average molecular weight is 182 g/mol. The fourth-order valence-electron chi connectivity index (χ4n) is 1.11. The first kappa shape index (κ1) is 11.9. The number of rotatable bonds is 4. The van der Waals surface area contributed by atoms with Crippen LogP contribution in [0, 0.1) is 0 Å². The Hall–Kier alpha value is -1.05. The van der Waals surface area contributed by atoms with E-state index in [1.165, 1.54) is 6.92 Å². The van der Waals surface area contributed by atoms with Gasteiger partial charge in [-0.1, -0.05) is 25.2 Å². The van der Waals surface area contributed by atoms with Crippen LogP contribution in [-0.2, 0) is 9.53 Å². The van der Waals surface area contributed by atoms with Crippen molar-refractivity contribution < 1.29 is 9.53 Å². The smallest absolute Gasteiger partial charge is 0.303 e. The molecule has 0 N–H and O–H groups in total. The SMILES string of the molecule is CC=CC(=CCC)C(C)OC(C)=O. The molecule has 0 bridgehead atoms. The highest BCUT2D eigenvalue weighted by molar-refractivity contribution is 5.66. The maximum atomic E-state index is 10.7. The molecule has 0 saturated carbocycles. The number of allylic oxidation sites excluding steroid dienone is 2. The van der Waals surface area contributed by atoms with Gasteiger partial charge in [-0.3, -0.25) is 4.79 Å². The van der Waals surface area contributed by atoms with Crippen molar-refractivity contribution in [3.63, 3.8) is 0 Å². The number of carbonyl (C=O) groups is 1. The summed E-state index contributed by atoms with van der Waals surface area (Å²) in [7, 11) is 0. The van der Waals surface area contributed by atoms with Gasteiger partial charge >= 0.3 is 5.97 Å². The van der Waals surface area contributed by atoms with E-state index >= 15 is 0 Å². The van der Waals surface area contributed by atoms with Crippen molar-refractivity contribution in [1.82, 2.24) is 0 Å². The van der Waals surface area contributed by atoms with Gasteiger partial charge in [-0.15, -0.1) is 0 Å². The Morgan fingerprint density at radius 3 is 2.54 bits per heavy atom. The second-order valence-electron chi connectivity index (χ2n) is 2.86. The van der Waals surface area contributed by atoms with Crippen LogP contribution in [0.15, 0.2) is 23.8 Å². The fraction of sp³-hybridized carbons (Fsp3) is 0.545. The summed E-state index contributed by atoms with van der Waals surface area (Å²) < 4.78 is 5.06. The maximum Gasteiger partial charge on any atom is 0.303 e. The summed E-state index contributed by atoms with van der Waals surface area (Å²) in [5, 5.41) is 0. The Labute approximate surface area is 80.3 Å². The van der Waals surface area contributed by atoms with Crippen molar-refractivity contribution in [2.24, 2.45) is 0 Å². The number of esters is 1. The van der Waals surface area contributed by atoms with Crippen LogP contribution in [0.1, 0.15) is 34.1 Å². The van der Waals surface area contributed by atoms with E-state index in [-0.39, 0.29) is 12.1 Å². The zero-order chi connectivity index (χ0) is 10.3. The molecule has 0 spiro atoms. The first-order valence-corrected chi connectivity index (χ1v) is 4.61. The molecule has 74 valence electrons. The van der Waals surface area contributed by atoms with Gasteiger partial charge in [-0.25, -0.2) is 0 Å². The van der Waals surface area contributed by atoms with Gasteiger partial charge < -0.3 is 4.74 Å². The molecule has 0 aliphatic carbocycles. The number of hydrogen-bond acceptors (Lipinski definition) is 2. The molecule has 0 aromatic carbocycles. The lowest BCUT2D eigenvalue weighted by Crippen LogP contribution is -2.13. The highest BCUT2D eigenvalue weighted by Crippen LogP contribution is 2.09. The molecule has 0 rings (SSSR count). The minimum Gasteiger partial charge on any atom is -0.458 e. The van der Waals surface area contributed by atoms with E-state index in [1.807, 2.05) is 26.0 Å². The quantitative estimate of drug-likeness (QED) is 0.493. The van der Waals surface area contributed by atoms with Gasteiger partial charge in [0.25, 0.3) is 0 Å². The van der Waals surface area contributed by atoms with Gasteiger partial charge in [0.2, 0.25) is 0 Å². The van der Waals surface area contributed by atoms with Crippen molar-refractivity contribution in [2.45, 2.75) is 40.2 Å². The topological polar surface area (TPSA) is 26.3 Å². The zero-order valence-corrected chi connectivity index (χ0v) is 8.83. The summed E-state index contributed by atoms with van der Waals surface area (Å²) in [5.74, 6) is -0.237. The molecule has 0 amide bonds. The van der Waals surface area contributed by atoms with Crippen molar-refractivity contribution in [3.05, 3.63) is 23.8 Å². The van der Waals surface area contributed by atoms with Crippen molar-refractivity contribution in [2.75, 3.05) is 0 Å². The van der Waals surface area contributed by atoms with Gasteiger partial charge in [0.1, 0.15) is 6.10 Å². The van der Waals surface area contributed by atoms with Crippen LogP contribution in [0.4, 0.5) is 0 Å². The van der Waals surface area contributed by atoms with Crippen molar-refractivity contribution in [3.8, 4) is 0 Å². The minimum atomic E-state index is -0.237. The van der Waals surface area contributed by atoms with Gasteiger partial charge in [-0.2, -0.15) is 0 Å². The molecular weight excluding hydrogens is 164 g/mol. The van der Waals surface area contributed by atoms with Crippen LogP contribution in [0.25, 0.3) is 0 Å². The molecule has 0 aliphatic heterocycles. The molecule has 1 unspecified atom stereocenters. The molecule has 0 aromatic heterocycles. The average Bonchev–Trinajstić information content (AvgIpc) is 2.02. The van der Waals surface area contributed by atoms with Crippen LogP contribution in [-0.4, -0.2) is 12.1 Å². The standard InChI is InChI=1S/C11H18O2/c1-5-7-11(8-6-2)9(3)13-10(4)12/h5,7-9H,6H2,1-4H3. The monoisotopic (exact) mass is 182 g/mol. The highest BCUT2D eigenvalue weighted by atomic mass is 16.5. The third kappa shape index (κ3) is 5.23. The Bertz CT molecular complexity index is 214. The zero-order valence-electron chi connectivity index (χ0n) is 8.83. The maximum absolute atomic E-state index is 10.7. The lowest BCUT2D eigenvalue weighted by Gasteiger charge is -2.12. The fourth-order valence-corrected chi connectivity index (χ4v) is 1.11. The summed E-state index contributed by atoms with van der Waals surface area (Å²) in [6.45, 7) is 7.31. The van der Waals surface area contributed by atoms with Crippen LogP contribution in [0.2, 0.25) is 0 Å². The highest BCUT2D eigenvalue weighted by Gasteiger charge is 2.07. The van der Waals surface area contributed by atoms with Crippen LogP contribution in [0.3, 0.4) is 0 Å². The van der Waals surface area contributed by atoms with E-state index < -0.39 is 0 Å². The summed E-state index contributed by atoms with van der Waals surface area (Å²) in [5.41, 5.74) is 1.06. The lowest BCUT2D eigenvalue weighted by atomic mass is 10.1. The van der Waals surface area contributed by atoms with E-state index in [0.29, 0.717) is 0 Å². The Morgan fingerprint density at radius 2 is 2.15 bits per heavy atom. The first-order valence-electron chi connectivity index (χ1n) is 4.61. The molecule has 0 aliphatic rings. The molecule has 0 aromatic rings. The molecule has 2 nitrogen and oxygen atoms in total. The second-order valence-corrected chi connectivity index (χ2v) is 2.86. The number of hydrogen-bond donors (Lipinski definition) is 0. The van der Waals surface area contributed by atoms with E-state index in [0.717, 1.165) is 12.0 Å². The van der Waals surface area contributed by atoms with E-state index in [9.17, 15) is 4.79 Å². The van der Waals surface area contributed by atoms with Crippen molar-refractivity contribution >= 4 is 5.97 Å². The summed E-state index contributed by atoms with van der Waals surface area (Å²) in [4.78, 5) is 10.7. The molecule has 0 fully saturated rings. The second kappa shape index (κ2) is 6.46. The predicted octanol–water partition coefficient (Wildman–Crippen LogP) is 2.85. The molecular formula is C11H18O2. The summed E-state index contributed by atoms with van der Waals surface area (Å²) >= 11 is 0. The third-order valence-corrected chi connectivity index (χ3v) is 1.61. The third-order valence-electron chi connectivity index (χ3n) is 1.61. The Balaban J connectivity index is 4.36. The van der Waals surface area contributed by atoms with Crippen LogP contribution >= 0.6 is 0 Å². The van der Waals surface area contributed by atoms with Crippen LogP contribution in [0.5, 0.6) is 0 Å². The molecule has 2 heteroatoms. The largest absolute Gasteiger partial charge is 0.458 e. The Morgan fingerprint density at radius 1 is 1.54 bits per heavy atom.